The fraction of sp³-hybridized carbons (Fsp3) is 0.314. The van der Waals surface area contributed by atoms with Gasteiger partial charge in [-0.3, -0.25) is 4.79 Å². The first-order valence-corrected chi connectivity index (χ1v) is 17.6. The summed E-state index contributed by atoms with van der Waals surface area (Å²) in [6.07, 6.45) is -1.75. The second-order valence-corrected chi connectivity index (χ2v) is 14.6. The number of aromatic nitrogens is 1. The lowest BCUT2D eigenvalue weighted by Gasteiger charge is -2.27. The molecular formula is C35H37F3N6O7S. The van der Waals surface area contributed by atoms with Crippen molar-refractivity contribution in [2.75, 3.05) is 44.1 Å². The van der Waals surface area contributed by atoms with Gasteiger partial charge in [0.15, 0.2) is 9.84 Å². The van der Waals surface area contributed by atoms with Crippen LogP contribution in [0.4, 0.5) is 35.2 Å². The number of amides is 3. The number of carboxylic acids is 1. The maximum Gasteiger partial charge on any atom is 0.490 e. The van der Waals surface area contributed by atoms with Crippen LogP contribution in [-0.4, -0.2) is 85.4 Å². The van der Waals surface area contributed by atoms with Gasteiger partial charge in [-0.1, -0.05) is 6.07 Å². The van der Waals surface area contributed by atoms with Crippen molar-refractivity contribution in [2.45, 2.75) is 48.2 Å². The molecule has 13 nitrogen and oxygen atoms in total. The molecule has 52 heavy (non-hydrogen) atoms. The van der Waals surface area contributed by atoms with Crippen molar-refractivity contribution >= 4 is 55.7 Å². The summed E-state index contributed by atoms with van der Waals surface area (Å²) in [7, 11) is 1.35. The third-order valence-corrected chi connectivity index (χ3v) is 11.0. The summed E-state index contributed by atoms with van der Waals surface area (Å²) in [4.78, 5) is 43.8. The molecule has 1 aliphatic carbocycles. The van der Waals surface area contributed by atoms with Crippen LogP contribution < -0.4 is 21.1 Å². The number of benzene rings is 3. The number of urea groups is 1. The number of carbonyl (C=O) groups excluding carboxylic acids is 2. The van der Waals surface area contributed by atoms with Crippen molar-refractivity contribution in [3.8, 4) is 5.75 Å². The Balaban J connectivity index is 0.000000679. The second kappa shape index (κ2) is 15.0. The molecule has 2 aliphatic rings. The predicted molar refractivity (Wildman–Crippen MR) is 188 cm³/mol. The molecule has 6 rings (SSSR count). The molecule has 0 spiro atoms. The zero-order chi connectivity index (χ0) is 38.0. The highest BCUT2D eigenvalue weighted by Gasteiger charge is 2.39. The third kappa shape index (κ3) is 8.47. The van der Waals surface area contributed by atoms with E-state index in [1.165, 1.54) is 11.0 Å². The molecule has 1 aromatic heterocycles. The normalized spacial score (nSPS) is 16.9. The average molecular weight is 743 g/mol. The van der Waals surface area contributed by atoms with Gasteiger partial charge >= 0.3 is 18.2 Å². The van der Waals surface area contributed by atoms with Gasteiger partial charge in [-0.25, -0.2) is 23.0 Å². The molecule has 5 N–H and O–H groups in total. The smallest absolute Gasteiger partial charge is 0.490 e. The molecule has 1 atom stereocenters. The molecule has 3 amide bonds. The SMILES string of the molecule is COc1ccc2cc1CCN(C)C(=O)Nc1ccc(S(=O)(=O)C3CC3)c(c1)CN(C)C(=O)C2Nc1ccc2c(N)nccc2c1.O=C(O)C(F)(F)F. The highest BCUT2D eigenvalue weighted by atomic mass is 32.2. The van der Waals surface area contributed by atoms with Gasteiger partial charge in [0, 0.05) is 50.1 Å². The van der Waals surface area contributed by atoms with Gasteiger partial charge in [0.1, 0.15) is 17.6 Å². The summed E-state index contributed by atoms with van der Waals surface area (Å²) in [5.41, 5.74) is 9.18. The fourth-order valence-corrected chi connectivity index (χ4v) is 7.56. The predicted octanol–water partition coefficient (Wildman–Crippen LogP) is 5.23. The van der Waals surface area contributed by atoms with E-state index in [9.17, 15) is 31.2 Å². The van der Waals surface area contributed by atoms with Crippen LogP contribution in [0.1, 0.15) is 35.6 Å². The van der Waals surface area contributed by atoms with E-state index >= 15 is 0 Å². The Morgan fingerprint density at radius 3 is 2.38 bits per heavy atom. The number of nitrogens with one attached hydrogen (secondary N) is 2. The number of sulfone groups is 1. The number of nitrogens with zero attached hydrogens (tertiary/aromatic N) is 3. The first-order chi connectivity index (χ1) is 24.5. The molecule has 1 fully saturated rings. The number of pyridine rings is 1. The number of carboxylic acid groups (broad SMARTS) is 1. The molecule has 2 heterocycles. The molecule has 276 valence electrons. The zero-order valence-electron chi connectivity index (χ0n) is 28.4. The van der Waals surface area contributed by atoms with Crippen molar-refractivity contribution in [1.29, 1.82) is 0 Å². The lowest BCUT2D eigenvalue weighted by Crippen LogP contribution is -2.35. The number of carbonyl (C=O) groups is 3. The van der Waals surface area contributed by atoms with Crippen molar-refractivity contribution in [1.82, 2.24) is 14.8 Å². The summed E-state index contributed by atoms with van der Waals surface area (Å²) in [5, 5.41) is 14.7. The molecule has 1 aliphatic heterocycles. The first-order valence-electron chi connectivity index (χ1n) is 16.0. The van der Waals surface area contributed by atoms with Gasteiger partial charge in [0.2, 0.25) is 5.91 Å². The van der Waals surface area contributed by atoms with Crippen LogP contribution in [0, 0.1) is 0 Å². The van der Waals surface area contributed by atoms with Gasteiger partial charge in [0.25, 0.3) is 0 Å². The lowest BCUT2D eigenvalue weighted by atomic mass is 9.99. The van der Waals surface area contributed by atoms with E-state index < -0.39 is 33.3 Å². The number of hydrogen-bond acceptors (Lipinski definition) is 9. The molecule has 17 heteroatoms. The maximum absolute atomic E-state index is 14.3. The third-order valence-electron chi connectivity index (χ3n) is 8.66. The van der Waals surface area contributed by atoms with Crippen LogP contribution in [0.3, 0.4) is 0 Å². The van der Waals surface area contributed by atoms with Crippen LogP contribution in [-0.2, 0) is 32.4 Å². The summed E-state index contributed by atoms with van der Waals surface area (Å²) in [6, 6.07) is 16.7. The minimum absolute atomic E-state index is 0.0147. The highest BCUT2D eigenvalue weighted by Crippen LogP contribution is 2.37. The number of ether oxygens (including phenoxy) is 1. The molecule has 3 aromatic carbocycles. The van der Waals surface area contributed by atoms with Crippen LogP contribution in [0.15, 0.2) is 71.8 Å². The van der Waals surface area contributed by atoms with Gasteiger partial charge in [0.05, 0.1) is 17.3 Å². The number of anilines is 3. The number of halogens is 3. The number of likely N-dealkylation sites (N-methyl/N-ethyl adjacent to an activating group) is 2. The number of nitrogen functional groups attached to an aromatic ring is 1. The van der Waals surface area contributed by atoms with Crippen molar-refractivity contribution < 1.29 is 45.8 Å². The van der Waals surface area contributed by atoms with Crippen LogP contribution in [0.5, 0.6) is 5.75 Å². The molecule has 4 bridgehead atoms. The Kier molecular flexibility index (Phi) is 10.8. The van der Waals surface area contributed by atoms with E-state index in [2.05, 4.69) is 15.6 Å². The lowest BCUT2D eigenvalue weighted by molar-refractivity contribution is -0.192. The number of aliphatic carboxylic acids is 1. The number of fused-ring (bicyclic) bond motifs is 5. The fourth-order valence-electron chi connectivity index (χ4n) is 5.70. The molecule has 0 saturated heterocycles. The largest absolute Gasteiger partial charge is 0.496 e. The van der Waals surface area contributed by atoms with Crippen molar-refractivity contribution in [2.24, 2.45) is 0 Å². The average Bonchev–Trinajstić information content (AvgIpc) is 3.95. The standard InChI is InChI=1S/C33H36N6O5S.C2HF3O2/c1-38-15-13-21-16-22(4-10-28(21)44-3)30(36-24-5-9-27-20(17-24)12-14-35-31(27)34)32(40)39(2)19-23-18-25(37-33(38)41)6-11-29(23)45(42,43)26-7-8-26;3-2(4,5)1(6)7/h4-6,9-12,14,16-18,26,30,36H,7-8,13,15,19H2,1-3H3,(H2,34,35)(H,37,41);(H,6,7). The number of rotatable bonds is 5. The van der Waals surface area contributed by atoms with E-state index in [1.807, 2.05) is 42.5 Å². The summed E-state index contributed by atoms with van der Waals surface area (Å²) >= 11 is 0. The van der Waals surface area contributed by atoms with Crippen LogP contribution in [0.2, 0.25) is 0 Å². The monoisotopic (exact) mass is 742 g/mol. The van der Waals surface area contributed by atoms with Crippen LogP contribution >= 0.6 is 0 Å². The quantitative estimate of drug-likeness (QED) is 0.211. The number of methoxy groups -OCH3 is 1. The van der Waals surface area contributed by atoms with Crippen molar-refractivity contribution in [3.63, 3.8) is 0 Å². The van der Waals surface area contributed by atoms with E-state index in [4.69, 9.17) is 20.4 Å². The number of alkyl halides is 3. The Morgan fingerprint density at radius 2 is 1.73 bits per heavy atom. The molecule has 1 unspecified atom stereocenters. The number of nitrogens with two attached hydrogens (primary N) is 1. The second-order valence-electron chi connectivity index (χ2n) is 12.4. The summed E-state index contributed by atoms with van der Waals surface area (Å²) in [6.45, 7) is 0.388. The highest BCUT2D eigenvalue weighted by molar-refractivity contribution is 7.92. The van der Waals surface area contributed by atoms with Crippen LogP contribution in [0.25, 0.3) is 10.8 Å². The Morgan fingerprint density at radius 1 is 1.02 bits per heavy atom. The van der Waals surface area contributed by atoms with Gasteiger partial charge in [-0.15, -0.1) is 0 Å². The van der Waals surface area contributed by atoms with Gasteiger partial charge < -0.3 is 36.0 Å². The van der Waals surface area contributed by atoms with Gasteiger partial charge in [-0.2, -0.15) is 13.2 Å². The summed E-state index contributed by atoms with van der Waals surface area (Å²) in [5.74, 6) is -1.96. The van der Waals surface area contributed by atoms with Gasteiger partial charge in [-0.05, 0) is 95.9 Å². The van der Waals surface area contributed by atoms with Crippen molar-refractivity contribution in [3.05, 3.63) is 83.6 Å². The minimum atomic E-state index is -5.08. The Bertz CT molecular complexity index is 2130. The van der Waals surface area contributed by atoms with E-state index in [0.717, 1.165) is 16.3 Å². The first kappa shape index (κ1) is 37.7. The summed E-state index contributed by atoms with van der Waals surface area (Å²) < 4.78 is 64.2. The minimum Gasteiger partial charge on any atom is -0.496 e. The molecule has 1 saturated carbocycles. The Labute approximate surface area is 297 Å². The van der Waals surface area contributed by atoms with E-state index in [0.29, 0.717) is 59.9 Å². The van der Waals surface area contributed by atoms with E-state index in [-0.39, 0.29) is 23.4 Å². The maximum atomic E-state index is 14.3. The Hall–Kier alpha value is -5.58. The molecule has 4 aromatic rings. The molecular weight excluding hydrogens is 705 g/mol. The topological polar surface area (TPSA) is 184 Å². The molecule has 0 radical (unpaired) electrons. The number of hydrogen-bond donors (Lipinski definition) is 4. The van der Waals surface area contributed by atoms with E-state index in [1.54, 1.807) is 44.4 Å². The zero-order valence-corrected chi connectivity index (χ0v) is 29.2.